The molecule has 0 unspecified atom stereocenters. The first kappa shape index (κ1) is 18.1. The van der Waals surface area contributed by atoms with Gasteiger partial charge in [0.15, 0.2) is 0 Å². The zero-order valence-corrected chi connectivity index (χ0v) is 14.2. The molecule has 0 bridgehead atoms. The van der Waals surface area contributed by atoms with Crippen LogP contribution in [-0.2, 0) is 0 Å². The molecule has 2 aromatic rings. The normalized spacial score (nSPS) is 11.7. The van der Waals surface area contributed by atoms with Gasteiger partial charge in [0, 0.05) is 24.7 Å². The van der Waals surface area contributed by atoms with Crippen LogP contribution in [0.4, 0.5) is 4.39 Å². The average Bonchev–Trinajstić information content (AvgIpc) is 2.52. The van der Waals surface area contributed by atoms with Crippen molar-refractivity contribution >= 4 is 16.8 Å². The Morgan fingerprint density at radius 2 is 2.08 bits per heavy atom. The van der Waals surface area contributed by atoms with E-state index in [2.05, 4.69) is 10.3 Å². The van der Waals surface area contributed by atoms with Gasteiger partial charge in [-0.25, -0.2) is 4.39 Å². The molecule has 0 saturated carbocycles. The molecule has 3 N–H and O–H groups in total. The number of aryl methyl sites for hydroxylation is 1. The van der Waals surface area contributed by atoms with E-state index in [1.165, 1.54) is 12.3 Å². The lowest BCUT2D eigenvalue weighted by molar-refractivity contribution is 0.0947. The van der Waals surface area contributed by atoms with Crippen LogP contribution in [0.25, 0.3) is 10.9 Å². The van der Waals surface area contributed by atoms with Crippen LogP contribution in [0.15, 0.2) is 23.1 Å². The molecule has 6 heteroatoms. The molecule has 0 atom stereocenters. The second-order valence-electron chi connectivity index (χ2n) is 6.86. The van der Waals surface area contributed by atoms with Crippen molar-refractivity contribution in [1.82, 2.24) is 10.3 Å². The van der Waals surface area contributed by atoms with Crippen molar-refractivity contribution < 1.29 is 14.3 Å². The van der Waals surface area contributed by atoms with E-state index in [0.717, 1.165) is 12.5 Å². The number of aliphatic hydroxyl groups excluding tert-OH is 1. The summed E-state index contributed by atoms with van der Waals surface area (Å²) in [5, 5.41) is 12.1. The third-order valence-corrected chi connectivity index (χ3v) is 4.14. The van der Waals surface area contributed by atoms with E-state index in [9.17, 15) is 19.1 Å². The number of benzene rings is 1. The zero-order valence-electron chi connectivity index (χ0n) is 14.2. The van der Waals surface area contributed by atoms with Crippen molar-refractivity contribution in [2.24, 2.45) is 5.41 Å². The predicted molar refractivity (Wildman–Crippen MR) is 91.7 cm³/mol. The summed E-state index contributed by atoms with van der Waals surface area (Å²) < 4.78 is 13.5. The number of carbonyl (C=O) groups is 1. The van der Waals surface area contributed by atoms with Crippen LogP contribution in [0.2, 0.25) is 0 Å². The molecule has 0 fully saturated rings. The molecule has 5 nitrogen and oxygen atoms in total. The summed E-state index contributed by atoms with van der Waals surface area (Å²) in [5.74, 6) is -0.990. The van der Waals surface area contributed by atoms with E-state index in [-0.39, 0.29) is 23.0 Å². The number of H-pyrrole nitrogens is 1. The van der Waals surface area contributed by atoms with E-state index in [0.29, 0.717) is 24.0 Å². The smallest absolute Gasteiger partial charge is 0.256 e. The molecule has 24 heavy (non-hydrogen) atoms. The highest BCUT2D eigenvalue weighted by Crippen LogP contribution is 2.20. The van der Waals surface area contributed by atoms with Gasteiger partial charge < -0.3 is 15.4 Å². The molecule has 1 amide bonds. The minimum Gasteiger partial charge on any atom is -0.396 e. The van der Waals surface area contributed by atoms with Crippen LogP contribution in [0.1, 0.15) is 42.6 Å². The van der Waals surface area contributed by atoms with Crippen molar-refractivity contribution in [2.75, 3.05) is 13.2 Å². The highest BCUT2D eigenvalue weighted by molar-refractivity contribution is 5.97. The molecule has 0 saturated heterocycles. The van der Waals surface area contributed by atoms with E-state index in [1.54, 1.807) is 6.92 Å². The van der Waals surface area contributed by atoms with Crippen LogP contribution in [0.3, 0.4) is 0 Å². The van der Waals surface area contributed by atoms with Crippen molar-refractivity contribution in [1.29, 1.82) is 0 Å². The first-order valence-electron chi connectivity index (χ1n) is 7.96. The second kappa shape index (κ2) is 7.13. The number of nitrogens with one attached hydrogen (secondary N) is 2. The third kappa shape index (κ3) is 4.00. The SMILES string of the molecule is Cc1cc(F)cc2c(=O)c(C(=O)NCCCC(C)(C)CO)c[nH]c12. The molecule has 130 valence electrons. The number of amides is 1. The van der Waals surface area contributed by atoms with Crippen molar-refractivity contribution in [3.8, 4) is 0 Å². The number of fused-ring (bicyclic) bond motifs is 1. The number of aliphatic hydroxyl groups is 1. The summed E-state index contributed by atoms with van der Waals surface area (Å²) in [4.78, 5) is 27.5. The molecule has 0 spiro atoms. The van der Waals surface area contributed by atoms with E-state index >= 15 is 0 Å². The zero-order chi connectivity index (χ0) is 17.9. The van der Waals surface area contributed by atoms with Crippen molar-refractivity contribution in [2.45, 2.75) is 33.6 Å². The molecule has 0 aliphatic heterocycles. The number of pyridine rings is 1. The first-order chi connectivity index (χ1) is 11.2. The van der Waals surface area contributed by atoms with Gasteiger partial charge in [0.25, 0.3) is 5.91 Å². The maximum Gasteiger partial charge on any atom is 0.256 e. The monoisotopic (exact) mass is 334 g/mol. The number of rotatable bonds is 6. The lowest BCUT2D eigenvalue weighted by Crippen LogP contribution is -2.30. The third-order valence-electron chi connectivity index (χ3n) is 4.14. The average molecular weight is 334 g/mol. The van der Waals surface area contributed by atoms with Gasteiger partial charge in [-0.05, 0) is 42.9 Å². The molecule has 1 heterocycles. The van der Waals surface area contributed by atoms with Crippen molar-refractivity contribution in [3.05, 3.63) is 45.5 Å². The van der Waals surface area contributed by atoms with Crippen LogP contribution in [0, 0.1) is 18.2 Å². The Morgan fingerprint density at radius 3 is 2.75 bits per heavy atom. The summed E-state index contributed by atoms with van der Waals surface area (Å²) >= 11 is 0. The lowest BCUT2D eigenvalue weighted by Gasteiger charge is -2.21. The number of halogens is 1. The molecular formula is C18H23FN2O3. The Hall–Kier alpha value is -2.21. The molecule has 0 radical (unpaired) electrons. The standard InChI is InChI=1S/C18H23FN2O3/c1-11-7-12(19)8-13-15(11)21-9-14(16(13)23)17(24)20-6-4-5-18(2,3)10-22/h7-9,22H,4-6,10H2,1-3H3,(H,20,24)(H,21,23). The maximum absolute atomic E-state index is 13.5. The summed E-state index contributed by atoms with van der Waals surface area (Å²) in [6.45, 7) is 6.07. The highest BCUT2D eigenvalue weighted by atomic mass is 19.1. The maximum atomic E-state index is 13.5. The fourth-order valence-electron chi connectivity index (χ4n) is 2.58. The van der Waals surface area contributed by atoms with Gasteiger partial charge >= 0.3 is 0 Å². The van der Waals surface area contributed by atoms with E-state index in [1.807, 2.05) is 13.8 Å². The summed E-state index contributed by atoms with van der Waals surface area (Å²) in [6, 6.07) is 2.47. The lowest BCUT2D eigenvalue weighted by atomic mass is 9.89. The largest absolute Gasteiger partial charge is 0.396 e. The van der Waals surface area contributed by atoms with Gasteiger partial charge in [0.2, 0.25) is 5.43 Å². The number of hydrogen-bond acceptors (Lipinski definition) is 3. The molecule has 2 rings (SSSR count). The number of aromatic nitrogens is 1. The topological polar surface area (TPSA) is 82.2 Å². The summed E-state index contributed by atoms with van der Waals surface area (Å²) in [5.41, 5.74) is 0.427. The Kier molecular flexibility index (Phi) is 5.39. The van der Waals surface area contributed by atoms with Crippen molar-refractivity contribution in [3.63, 3.8) is 0 Å². The van der Waals surface area contributed by atoms with Gasteiger partial charge in [-0.15, -0.1) is 0 Å². The Bertz CT molecular complexity index is 812. The molecule has 0 aliphatic carbocycles. The summed E-state index contributed by atoms with van der Waals surface area (Å²) in [6.07, 6.45) is 2.81. The molecule has 1 aromatic heterocycles. The van der Waals surface area contributed by atoms with Crippen LogP contribution in [0.5, 0.6) is 0 Å². The molecule has 0 aliphatic rings. The quantitative estimate of drug-likeness (QED) is 0.710. The molecule has 1 aromatic carbocycles. The first-order valence-corrected chi connectivity index (χ1v) is 7.96. The number of aromatic amines is 1. The van der Waals surface area contributed by atoms with E-state index in [4.69, 9.17) is 0 Å². The van der Waals surface area contributed by atoms with Gasteiger partial charge in [-0.3, -0.25) is 9.59 Å². The van der Waals surface area contributed by atoms with Gasteiger partial charge in [-0.1, -0.05) is 13.8 Å². The van der Waals surface area contributed by atoms with Gasteiger partial charge in [-0.2, -0.15) is 0 Å². The Labute approximate surface area is 139 Å². The van der Waals surface area contributed by atoms with Crippen LogP contribution >= 0.6 is 0 Å². The number of hydrogen-bond donors (Lipinski definition) is 3. The van der Waals surface area contributed by atoms with Crippen LogP contribution < -0.4 is 10.7 Å². The van der Waals surface area contributed by atoms with E-state index < -0.39 is 17.2 Å². The summed E-state index contributed by atoms with van der Waals surface area (Å²) in [7, 11) is 0. The highest BCUT2D eigenvalue weighted by Gasteiger charge is 2.17. The fourth-order valence-corrected chi connectivity index (χ4v) is 2.58. The van der Waals surface area contributed by atoms with Gasteiger partial charge in [0.1, 0.15) is 11.4 Å². The Balaban J connectivity index is 2.13. The minimum atomic E-state index is -0.505. The fraction of sp³-hybridized carbons (Fsp3) is 0.444. The van der Waals surface area contributed by atoms with Crippen LogP contribution in [-0.4, -0.2) is 29.1 Å². The van der Waals surface area contributed by atoms with Gasteiger partial charge in [0.05, 0.1) is 5.52 Å². The Morgan fingerprint density at radius 1 is 1.38 bits per heavy atom. The second-order valence-corrected chi connectivity index (χ2v) is 6.86. The minimum absolute atomic E-state index is 0.0334. The number of carbonyl (C=O) groups excluding carboxylic acids is 1. The predicted octanol–water partition coefficient (Wildman–Crippen LogP) is 2.50. The molecular weight excluding hydrogens is 311 g/mol.